The molecule has 0 heterocycles. The molecule has 42 heavy (non-hydrogen) atoms. The van der Waals surface area contributed by atoms with Gasteiger partial charge in [-0.3, -0.25) is 19.7 Å². The molecular weight excluding hydrogens is 536 g/mol. The maximum absolute atomic E-state index is 13.7. The zero-order chi connectivity index (χ0) is 30.5. The van der Waals surface area contributed by atoms with Crippen LogP contribution in [0.1, 0.15) is 57.5 Å². The van der Waals surface area contributed by atoms with Gasteiger partial charge in [-0.15, -0.1) is 0 Å². The van der Waals surface area contributed by atoms with Crippen LogP contribution in [0.5, 0.6) is 34.5 Å². The number of amides is 1. The number of ether oxygens (including phenoxy) is 3. The summed E-state index contributed by atoms with van der Waals surface area (Å²) in [6.07, 6.45) is 0. The van der Waals surface area contributed by atoms with E-state index in [1.165, 1.54) is 18.2 Å². The molecule has 0 fully saturated rings. The van der Waals surface area contributed by atoms with Crippen molar-refractivity contribution in [1.82, 2.24) is 5.48 Å². The van der Waals surface area contributed by atoms with Crippen molar-refractivity contribution in [1.29, 1.82) is 0 Å². The van der Waals surface area contributed by atoms with E-state index in [9.17, 15) is 14.9 Å². The van der Waals surface area contributed by atoms with Crippen LogP contribution in [0.4, 0.5) is 5.69 Å². The zero-order valence-electron chi connectivity index (χ0n) is 24.5. The third-order valence-corrected chi connectivity index (χ3v) is 5.93. The summed E-state index contributed by atoms with van der Waals surface area (Å²) in [5.74, 6) is 0.840. The van der Waals surface area contributed by atoms with Gasteiger partial charge in [-0.25, -0.2) is 5.48 Å². The maximum atomic E-state index is 13.7. The SMILES string of the molecule is CC(C)(C)ONC(=O)c1c(Oc2ccccc2)ccc(Oc2cccc([N+](=O)[O-])c2)c1Oc1ccc(C(C)(C)C)cc1. The molecule has 0 aliphatic heterocycles. The Morgan fingerprint density at radius 1 is 0.714 bits per heavy atom. The molecule has 9 heteroatoms. The first-order chi connectivity index (χ1) is 19.8. The monoisotopic (exact) mass is 570 g/mol. The fraction of sp³-hybridized carbons (Fsp3) is 0.242. The summed E-state index contributed by atoms with van der Waals surface area (Å²) in [6.45, 7) is 11.7. The normalized spacial score (nSPS) is 11.5. The van der Waals surface area contributed by atoms with Gasteiger partial charge in [0.05, 0.1) is 16.6 Å². The number of benzene rings is 4. The van der Waals surface area contributed by atoms with Gasteiger partial charge >= 0.3 is 0 Å². The van der Waals surface area contributed by atoms with Crippen LogP contribution in [0, 0.1) is 10.1 Å². The van der Waals surface area contributed by atoms with Crippen LogP contribution in [0.3, 0.4) is 0 Å². The maximum Gasteiger partial charge on any atom is 0.282 e. The first-order valence-electron chi connectivity index (χ1n) is 13.4. The molecule has 0 saturated heterocycles. The molecule has 0 radical (unpaired) electrons. The van der Waals surface area contributed by atoms with E-state index in [0.29, 0.717) is 11.5 Å². The smallest absolute Gasteiger partial charge is 0.282 e. The van der Waals surface area contributed by atoms with Crippen molar-refractivity contribution in [2.24, 2.45) is 0 Å². The Balaban J connectivity index is 1.85. The summed E-state index contributed by atoms with van der Waals surface area (Å²) in [5, 5.41) is 11.4. The molecule has 0 unspecified atom stereocenters. The minimum Gasteiger partial charge on any atom is -0.456 e. The molecule has 0 aliphatic rings. The lowest BCUT2D eigenvalue weighted by atomic mass is 9.87. The number of nitrogens with one attached hydrogen (secondary N) is 1. The van der Waals surface area contributed by atoms with Crippen molar-refractivity contribution in [3.8, 4) is 34.5 Å². The van der Waals surface area contributed by atoms with Crippen molar-refractivity contribution in [3.05, 3.63) is 112 Å². The molecule has 0 aliphatic carbocycles. The first kappa shape index (κ1) is 30.1. The van der Waals surface area contributed by atoms with Gasteiger partial charge in [0.2, 0.25) is 0 Å². The zero-order valence-corrected chi connectivity index (χ0v) is 24.5. The van der Waals surface area contributed by atoms with E-state index in [2.05, 4.69) is 26.3 Å². The summed E-state index contributed by atoms with van der Waals surface area (Å²) >= 11 is 0. The highest BCUT2D eigenvalue weighted by Gasteiger charge is 2.27. The number of nitrogens with zero attached hydrogens (tertiary/aromatic N) is 1. The standard InChI is InChI=1S/C33H34N2O7/c1-32(2,3)22-15-17-25(18-16-22)41-30-28(40-26-14-10-11-23(21-26)35(37)38)20-19-27(39-24-12-8-7-9-13-24)29(30)31(36)34-42-33(4,5)6/h7-21H,1-6H3,(H,34,36). The molecule has 0 saturated carbocycles. The van der Waals surface area contributed by atoms with Crippen LogP contribution < -0.4 is 19.7 Å². The van der Waals surface area contributed by atoms with Crippen LogP contribution in [-0.4, -0.2) is 16.4 Å². The van der Waals surface area contributed by atoms with Crippen molar-refractivity contribution in [2.75, 3.05) is 0 Å². The summed E-state index contributed by atoms with van der Waals surface area (Å²) in [6, 6.07) is 25.4. The van der Waals surface area contributed by atoms with E-state index in [0.717, 1.165) is 5.56 Å². The Morgan fingerprint density at radius 3 is 1.93 bits per heavy atom. The van der Waals surface area contributed by atoms with Crippen molar-refractivity contribution < 1.29 is 28.8 Å². The summed E-state index contributed by atoms with van der Waals surface area (Å²) in [7, 11) is 0. The molecule has 4 rings (SSSR count). The fourth-order valence-corrected chi connectivity index (χ4v) is 3.82. The van der Waals surface area contributed by atoms with Gasteiger partial charge in [0.25, 0.3) is 11.6 Å². The highest BCUT2D eigenvalue weighted by molar-refractivity contribution is 6.00. The summed E-state index contributed by atoms with van der Waals surface area (Å²) < 4.78 is 18.5. The fourth-order valence-electron chi connectivity index (χ4n) is 3.82. The average molecular weight is 571 g/mol. The number of para-hydroxylation sites is 1. The second kappa shape index (κ2) is 12.3. The molecule has 4 aromatic rings. The minimum absolute atomic E-state index is 0.00549. The Hall–Kier alpha value is -4.89. The number of hydroxylamine groups is 1. The number of carbonyl (C=O) groups excluding carboxylic acids is 1. The highest BCUT2D eigenvalue weighted by Crippen LogP contribution is 2.44. The van der Waals surface area contributed by atoms with Crippen molar-refractivity contribution in [3.63, 3.8) is 0 Å². The topological polar surface area (TPSA) is 109 Å². The third kappa shape index (κ3) is 7.86. The van der Waals surface area contributed by atoms with Crippen molar-refractivity contribution in [2.45, 2.75) is 52.6 Å². The van der Waals surface area contributed by atoms with E-state index in [1.807, 2.05) is 30.3 Å². The Morgan fingerprint density at radius 2 is 1.31 bits per heavy atom. The Labute approximate surface area is 245 Å². The molecule has 0 spiro atoms. The van der Waals surface area contributed by atoms with E-state index >= 15 is 0 Å². The average Bonchev–Trinajstić information content (AvgIpc) is 2.93. The van der Waals surface area contributed by atoms with Gasteiger partial charge in [0.1, 0.15) is 28.6 Å². The lowest BCUT2D eigenvalue weighted by Crippen LogP contribution is -2.34. The molecule has 1 N–H and O–H groups in total. The van der Waals surface area contributed by atoms with Gasteiger partial charge in [-0.2, -0.15) is 0 Å². The highest BCUT2D eigenvalue weighted by atomic mass is 16.7. The number of carbonyl (C=O) groups is 1. The molecule has 0 bridgehead atoms. The number of rotatable bonds is 9. The second-order valence-corrected chi connectivity index (χ2v) is 11.6. The molecule has 9 nitrogen and oxygen atoms in total. The molecule has 0 aromatic heterocycles. The summed E-state index contributed by atoms with van der Waals surface area (Å²) in [5.41, 5.74) is 2.69. The van der Waals surface area contributed by atoms with Gasteiger partial charge in [0.15, 0.2) is 11.5 Å². The van der Waals surface area contributed by atoms with E-state index in [-0.39, 0.29) is 39.7 Å². The molecule has 0 atom stereocenters. The van der Waals surface area contributed by atoms with Gasteiger partial charge in [-0.1, -0.05) is 57.2 Å². The van der Waals surface area contributed by atoms with E-state index in [1.54, 1.807) is 63.2 Å². The third-order valence-electron chi connectivity index (χ3n) is 5.93. The Kier molecular flexibility index (Phi) is 8.82. The Bertz CT molecular complexity index is 1550. The predicted octanol–water partition coefficient (Wildman–Crippen LogP) is 8.73. The van der Waals surface area contributed by atoms with E-state index < -0.39 is 16.4 Å². The van der Waals surface area contributed by atoms with Crippen LogP contribution >= 0.6 is 0 Å². The lowest BCUT2D eigenvalue weighted by Gasteiger charge is -2.22. The van der Waals surface area contributed by atoms with Crippen LogP contribution in [-0.2, 0) is 10.3 Å². The quantitative estimate of drug-likeness (QED) is 0.158. The predicted molar refractivity (Wildman–Crippen MR) is 160 cm³/mol. The van der Waals surface area contributed by atoms with Gasteiger partial charge in [-0.05, 0) is 74.2 Å². The van der Waals surface area contributed by atoms with Gasteiger partial charge < -0.3 is 14.2 Å². The van der Waals surface area contributed by atoms with Gasteiger partial charge in [0, 0.05) is 6.07 Å². The lowest BCUT2D eigenvalue weighted by molar-refractivity contribution is -0.384. The molecule has 218 valence electrons. The summed E-state index contributed by atoms with van der Waals surface area (Å²) in [4.78, 5) is 30.1. The van der Waals surface area contributed by atoms with Crippen LogP contribution in [0.15, 0.2) is 91.0 Å². The second-order valence-electron chi connectivity index (χ2n) is 11.6. The number of non-ortho nitro benzene ring substituents is 1. The number of nitro benzene ring substituents is 1. The molecule has 1 amide bonds. The largest absolute Gasteiger partial charge is 0.456 e. The number of nitro groups is 1. The van der Waals surface area contributed by atoms with Crippen LogP contribution in [0.25, 0.3) is 0 Å². The molecular formula is C33H34N2O7. The number of hydrogen-bond acceptors (Lipinski definition) is 7. The minimum atomic E-state index is -0.684. The molecule has 4 aromatic carbocycles. The first-order valence-corrected chi connectivity index (χ1v) is 13.4. The number of hydrogen-bond donors (Lipinski definition) is 1. The van der Waals surface area contributed by atoms with E-state index in [4.69, 9.17) is 19.0 Å². The van der Waals surface area contributed by atoms with Crippen LogP contribution in [0.2, 0.25) is 0 Å². The van der Waals surface area contributed by atoms with Crippen molar-refractivity contribution >= 4 is 11.6 Å².